The Morgan fingerprint density at radius 3 is 2.52 bits per heavy atom. The third-order valence-corrected chi connectivity index (χ3v) is 5.48. The first-order valence-corrected chi connectivity index (χ1v) is 9.58. The second-order valence-corrected chi connectivity index (χ2v) is 7.70. The number of fused-ring (bicyclic) bond motifs is 3. The molecule has 1 unspecified atom stereocenters. The van der Waals surface area contributed by atoms with Crippen LogP contribution in [0.1, 0.15) is 5.56 Å². The fourth-order valence-electron chi connectivity index (χ4n) is 3.02. The quantitative estimate of drug-likeness (QED) is 0.558. The van der Waals surface area contributed by atoms with Gasteiger partial charge < -0.3 is 9.40 Å². The van der Waals surface area contributed by atoms with Crippen LogP contribution in [0.3, 0.4) is 0 Å². The van der Waals surface area contributed by atoms with E-state index in [1.165, 1.54) is 0 Å². The number of hydrogen-bond acceptors (Lipinski definition) is 3. The highest BCUT2D eigenvalue weighted by atomic mass is 35.5. The van der Waals surface area contributed by atoms with Crippen LogP contribution < -0.4 is 5.56 Å². The molecule has 0 fully saturated rings. The van der Waals surface area contributed by atoms with Crippen molar-refractivity contribution >= 4 is 44.5 Å². The summed E-state index contributed by atoms with van der Waals surface area (Å²) in [5.41, 5.74) is 3.88. The smallest absolute Gasteiger partial charge is 0.252 e. The molecule has 0 aliphatic carbocycles. The minimum absolute atomic E-state index is 0.173. The van der Waals surface area contributed by atoms with Gasteiger partial charge in [0.15, 0.2) is 5.58 Å². The molecule has 25 heavy (non-hydrogen) atoms. The summed E-state index contributed by atoms with van der Waals surface area (Å²) in [6, 6.07) is 12.6. The Labute approximate surface area is 150 Å². The molecule has 6 heteroatoms. The van der Waals surface area contributed by atoms with Crippen molar-refractivity contribution in [3.05, 3.63) is 63.4 Å². The molecule has 0 aliphatic rings. The molecule has 0 spiro atoms. The Hall–Kier alpha value is -2.37. The average Bonchev–Trinajstić information content (AvgIpc) is 2.93. The summed E-state index contributed by atoms with van der Waals surface area (Å²) in [4.78, 5) is 16.1. The SMILES string of the molecule is Cc1c(-c2ccc(S(C)=O)cc2)c2oc3ccc(Cl)cc3c2[nH]c1=O. The zero-order valence-electron chi connectivity index (χ0n) is 13.6. The van der Waals surface area contributed by atoms with Crippen LogP contribution in [-0.2, 0) is 10.8 Å². The summed E-state index contributed by atoms with van der Waals surface area (Å²) < 4.78 is 17.6. The van der Waals surface area contributed by atoms with Crippen molar-refractivity contribution in [1.29, 1.82) is 0 Å². The molecule has 4 rings (SSSR count). The van der Waals surface area contributed by atoms with Crippen molar-refractivity contribution in [1.82, 2.24) is 4.98 Å². The predicted molar refractivity (Wildman–Crippen MR) is 102 cm³/mol. The topological polar surface area (TPSA) is 63.1 Å². The zero-order valence-corrected chi connectivity index (χ0v) is 15.1. The molecule has 2 heterocycles. The zero-order chi connectivity index (χ0) is 17.7. The molecule has 0 bridgehead atoms. The number of rotatable bonds is 2. The molecular weight excluding hydrogens is 358 g/mol. The first kappa shape index (κ1) is 16.1. The molecule has 126 valence electrons. The molecule has 0 radical (unpaired) electrons. The molecule has 2 aromatic carbocycles. The van der Waals surface area contributed by atoms with E-state index in [1.54, 1.807) is 43.5 Å². The fraction of sp³-hybridized carbons (Fsp3) is 0.105. The Morgan fingerprint density at radius 2 is 1.84 bits per heavy atom. The van der Waals surface area contributed by atoms with Gasteiger partial charge in [0.2, 0.25) is 0 Å². The van der Waals surface area contributed by atoms with Gasteiger partial charge in [0.25, 0.3) is 5.56 Å². The van der Waals surface area contributed by atoms with E-state index < -0.39 is 10.8 Å². The maximum Gasteiger partial charge on any atom is 0.252 e. The highest BCUT2D eigenvalue weighted by molar-refractivity contribution is 7.84. The van der Waals surface area contributed by atoms with Crippen molar-refractivity contribution in [3.8, 4) is 11.1 Å². The maximum atomic E-state index is 12.5. The van der Waals surface area contributed by atoms with Crippen molar-refractivity contribution in [2.75, 3.05) is 6.26 Å². The van der Waals surface area contributed by atoms with Gasteiger partial charge in [-0.05, 0) is 42.8 Å². The van der Waals surface area contributed by atoms with Crippen molar-refractivity contribution < 1.29 is 8.63 Å². The molecular formula is C19H14ClNO3S. The summed E-state index contributed by atoms with van der Waals surface area (Å²) in [6.07, 6.45) is 1.63. The van der Waals surface area contributed by atoms with E-state index in [1.807, 2.05) is 12.1 Å². The molecule has 4 aromatic rings. The molecule has 1 atom stereocenters. The van der Waals surface area contributed by atoms with E-state index in [0.29, 0.717) is 27.3 Å². The molecule has 0 saturated heterocycles. The van der Waals surface area contributed by atoms with Gasteiger partial charge in [-0.2, -0.15) is 0 Å². The van der Waals surface area contributed by atoms with Crippen LogP contribution in [0.2, 0.25) is 5.02 Å². The van der Waals surface area contributed by atoms with Crippen LogP contribution in [0, 0.1) is 6.92 Å². The number of nitrogens with one attached hydrogen (secondary N) is 1. The number of pyridine rings is 1. The van der Waals surface area contributed by atoms with Crippen molar-refractivity contribution in [2.45, 2.75) is 11.8 Å². The van der Waals surface area contributed by atoms with Gasteiger partial charge >= 0.3 is 0 Å². The van der Waals surface area contributed by atoms with Crippen molar-refractivity contribution in [2.24, 2.45) is 0 Å². The van der Waals surface area contributed by atoms with Gasteiger partial charge in [-0.1, -0.05) is 23.7 Å². The van der Waals surface area contributed by atoms with E-state index in [4.69, 9.17) is 16.0 Å². The van der Waals surface area contributed by atoms with Crippen LogP contribution in [0.25, 0.3) is 33.2 Å². The Balaban J connectivity index is 2.08. The van der Waals surface area contributed by atoms with E-state index in [9.17, 15) is 9.00 Å². The molecule has 0 saturated carbocycles. The largest absolute Gasteiger partial charge is 0.454 e. The lowest BCUT2D eigenvalue weighted by Crippen LogP contribution is -2.10. The third kappa shape index (κ3) is 2.60. The number of furan rings is 1. The minimum Gasteiger partial charge on any atom is -0.454 e. The second-order valence-electron chi connectivity index (χ2n) is 5.88. The highest BCUT2D eigenvalue weighted by Gasteiger charge is 2.18. The van der Waals surface area contributed by atoms with Gasteiger partial charge in [-0.25, -0.2) is 0 Å². The summed E-state index contributed by atoms with van der Waals surface area (Å²) in [5.74, 6) is 0. The average molecular weight is 372 g/mol. The molecule has 0 aliphatic heterocycles. The molecule has 0 amide bonds. The Kier molecular flexibility index (Phi) is 3.78. The molecule has 2 aromatic heterocycles. The number of hydrogen-bond donors (Lipinski definition) is 1. The van der Waals surface area contributed by atoms with Gasteiger partial charge in [0.1, 0.15) is 5.58 Å². The fourth-order valence-corrected chi connectivity index (χ4v) is 3.71. The summed E-state index contributed by atoms with van der Waals surface area (Å²) in [5, 5.41) is 1.35. The van der Waals surface area contributed by atoms with E-state index in [0.717, 1.165) is 21.4 Å². The molecule has 4 nitrogen and oxygen atoms in total. The van der Waals surface area contributed by atoms with Crippen LogP contribution in [0.4, 0.5) is 0 Å². The number of benzene rings is 2. The van der Waals surface area contributed by atoms with Crippen LogP contribution in [0.5, 0.6) is 0 Å². The number of H-pyrrole nitrogens is 1. The second kappa shape index (κ2) is 5.86. The lowest BCUT2D eigenvalue weighted by Gasteiger charge is -2.07. The lowest BCUT2D eigenvalue weighted by molar-refractivity contribution is 0.668. The summed E-state index contributed by atoms with van der Waals surface area (Å²) >= 11 is 6.09. The minimum atomic E-state index is -1.05. The van der Waals surface area contributed by atoms with Crippen LogP contribution >= 0.6 is 11.6 Å². The maximum absolute atomic E-state index is 12.5. The number of aromatic nitrogens is 1. The van der Waals surface area contributed by atoms with E-state index in [-0.39, 0.29) is 5.56 Å². The normalized spacial score (nSPS) is 12.8. The predicted octanol–water partition coefficient (Wildman–Crippen LogP) is 4.64. The monoisotopic (exact) mass is 371 g/mol. The first-order valence-electron chi connectivity index (χ1n) is 7.64. The Bertz CT molecular complexity index is 1210. The highest BCUT2D eigenvalue weighted by Crippen LogP contribution is 2.36. The summed E-state index contributed by atoms with van der Waals surface area (Å²) in [6.45, 7) is 1.76. The van der Waals surface area contributed by atoms with Gasteiger partial charge in [0.05, 0.1) is 5.52 Å². The Morgan fingerprint density at radius 1 is 1.12 bits per heavy atom. The third-order valence-electron chi connectivity index (χ3n) is 4.31. The van der Waals surface area contributed by atoms with E-state index >= 15 is 0 Å². The van der Waals surface area contributed by atoms with Gasteiger partial charge in [-0.15, -0.1) is 0 Å². The summed E-state index contributed by atoms with van der Waals surface area (Å²) in [7, 11) is -1.05. The molecule has 1 N–H and O–H groups in total. The van der Waals surface area contributed by atoms with E-state index in [2.05, 4.69) is 4.98 Å². The van der Waals surface area contributed by atoms with Crippen LogP contribution in [-0.4, -0.2) is 15.4 Å². The lowest BCUT2D eigenvalue weighted by atomic mass is 10.0. The number of halogens is 1. The van der Waals surface area contributed by atoms with Gasteiger partial charge in [0, 0.05) is 43.5 Å². The van der Waals surface area contributed by atoms with Crippen LogP contribution in [0.15, 0.2) is 56.6 Å². The van der Waals surface area contributed by atoms with Crippen molar-refractivity contribution in [3.63, 3.8) is 0 Å². The first-order chi connectivity index (χ1) is 12.0. The van der Waals surface area contributed by atoms with Gasteiger partial charge in [-0.3, -0.25) is 9.00 Å². The number of aromatic amines is 1. The standard InChI is InChI=1S/C19H14ClNO3S/c1-10-16(11-3-6-13(7-4-11)25(2)23)18-17(21-19(10)22)14-9-12(20)5-8-15(14)24-18/h3-9H,1-2H3,(H,21,22).